The molecule has 1 aliphatic rings. The van der Waals surface area contributed by atoms with E-state index in [1.54, 1.807) is 13.3 Å². The van der Waals surface area contributed by atoms with E-state index in [0.29, 0.717) is 11.6 Å². The molecule has 0 amide bonds. The Morgan fingerprint density at radius 1 is 1.06 bits per heavy atom. The van der Waals surface area contributed by atoms with Crippen molar-refractivity contribution in [2.45, 2.75) is 32.7 Å². The minimum absolute atomic E-state index is 0.206. The molecule has 0 unspecified atom stereocenters. The molecule has 1 aliphatic heterocycles. The van der Waals surface area contributed by atoms with E-state index >= 15 is 0 Å². The second-order valence-electron chi connectivity index (χ2n) is 8.17. The maximum atomic E-state index is 14.0. The third-order valence-corrected chi connectivity index (χ3v) is 5.89. The van der Waals surface area contributed by atoms with Gasteiger partial charge in [-0.15, -0.1) is 0 Å². The fourth-order valence-corrected chi connectivity index (χ4v) is 4.21. The average molecular weight is 417 g/mol. The lowest BCUT2D eigenvalue weighted by Crippen LogP contribution is -2.28. The van der Waals surface area contributed by atoms with Gasteiger partial charge in [0.05, 0.1) is 5.39 Å². The summed E-state index contributed by atoms with van der Waals surface area (Å²) in [6, 6.07) is 13.9. The van der Waals surface area contributed by atoms with Gasteiger partial charge in [0.1, 0.15) is 18.0 Å². The van der Waals surface area contributed by atoms with Gasteiger partial charge in [0.15, 0.2) is 5.65 Å². The molecule has 0 saturated carbocycles. The van der Waals surface area contributed by atoms with Gasteiger partial charge in [-0.25, -0.2) is 14.4 Å². The Hall–Kier alpha value is -3.25. The molecule has 1 saturated heterocycles. The zero-order chi connectivity index (χ0) is 21.4. The van der Waals surface area contributed by atoms with Crippen molar-refractivity contribution in [1.82, 2.24) is 14.5 Å². The number of nitrogens with zero attached hydrogens (tertiary/aromatic N) is 3. The van der Waals surface area contributed by atoms with Crippen molar-refractivity contribution in [3.05, 3.63) is 71.9 Å². The van der Waals surface area contributed by atoms with E-state index in [1.165, 1.54) is 11.6 Å². The molecule has 5 rings (SSSR count). The van der Waals surface area contributed by atoms with Gasteiger partial charge in [-0.2, -0.15) is 0 Å². The van der Waals surface area contributed by atoms with Crippen LogP contribution in [0.1, 0.15) is 24.0 Å². The predicted octanol–water partition coefficient (Wildman–Crippen LogP) is 5.43. The third kappa shape index (κ3) is 3.79. The van der Waals surface area contributed by atoms with E-state index in [4.69, 9.17) is 4.74 Å². The number of rotatable bonds is 4. The maximum Gasteiger partial charge on any atom is 0.150 e. The highest BCUT2D eigenvalue weighted by atomic mass is 19.1. The molecule has 0 atom stereocenters. The number of nitrogens with one attached hydrogen (secondary N) is 1. The van der Waals surface area contributed by atoms with Gasteiger partial charge in [0.25, 0.3) is 0 Å². The van der Waals surface area contributed by atoms with Crippen LogP contribution in [0.4, 0.5) is 10.2 Å². The Morgan fingerprint density at radius 2 is 1.90 bits per heavy atom. The Morgan fingerprint density at radius 3 is 2.68 bits per heavy atom. The smallest absolute Gasteiger partial charge is 0.150 e. The first kappa shape index (κ1) is 19.7. The summed E-state index contributed by atoms with van der Waals surface area (Å²) < 4.78 is 21.6. The van der Waals surface area contributed by atoms with Crippen molar-refractivity contribution in [3.8, 4) is 16.8 Å². The average Bonchev–Trinajstić information content (AvgIpc) is 3.17. The number of aromatic nitrogens is 3. The fraction of sp³-hybridized carbons (Fsp3) is 0.280. The predicted molar refractivity (Wildman–Crippen MR) is 121 cm³/mol. The van der Waals surface area contributed by atoms with Gasteiger partial charge >= 0.3 is 0 Å². The van der Waals surface area contributed by atoms with Crippen LogP contribution in [-0.4, -0.2) is 33.8 Å². The number of ether oxygens (including phenoxy) is 1. The zero-order valence-corrected chi connectivity index (χ0v) is 17.7. The van der Waals surface area contributed by atoms with E-state index in [9.17, 15) is 4.39 Å². The lowest BCUT2D eigenvalue weighted by Gasteiger charge is -2.24. The lowest BCUT2D eigenvalue weighted by molar-refractivity contribution is 0.0904. The number of benzene rings is 2. The molecule has 0 bridgehead atoms. The van der Waals surface area contributed by atoms with Crippen LogP contribution in [0.15, 0.2) is 55.0 Å². The molecular weight excluding hydrogens is 391 g/mol. The molecule has 1 N–H and O–H groups in total. The Kier molecular flexibility index (Phi) is 5.16. The minimum Gasteiger partial charge on any atom is -0.381 e. The number of halogens is 1. The summed E-state index contributed by atoms with van der Waals surface area (Å²) >= 11 is 0. The van der Waals surface area contributed by atoms with Crippen LogP contribution in [0, 0.1) is 19.7 Å². The molecule has 0 aliphatic carbocycles. The van der Waals surface area contributed by atoms with E-state index < -0.39 is 0 Å². The van der Waals surface area contributed by atoms with E-state index in [-0.39, 0.29) is 5.82 Å². The summed E-state index contributed by atoms with van der Waals surface area (Å²) in [6.45, 7) is 5.36. The van der Waals surface area contributed by atoms with Crippen molar-refractivity contribution >= 4 is 16.9 Å². The molecule has 31 heavy (non-hydrogen) atoms. The second kappa shape index (κ2) is 8.12. The summed E-state index contributed by atoms with van der Waals surface area (Å²) in [7, 11) is 0. The number of hydrogen-bond donors (Lipinski definition) is 1. The van der Waals surface area contributed by atoms with Crippen molar-refractivity contribution in [3.63, 3.8) is 0 Å². The summed E-state index contributed by atoms with van der Waals surface area (Å²) in [5, 5.41) is 4.56. The van der Waals surface area contributed by atoms with Gasteiger partial charge < -0.3 is 14.6 Å². The summed E-state index contributed by atoms with van der Waals surface area (Å²) in [4.78, 5) is 9.24. The molecule has 2 aromatic heterocycles. The van der Waals surface area contributed by atoms with Crippen LogP contribution in [0.25, 0.3) is 27.8 Å². The standard InChI is InChI=1S/C25H25FN4O/c1-16-4-3-5-20(12-16)30-14-21(18-6-7-22(26)17(2)13-18)23-24(27-15-28-25(23)30)29-19-8-10-31-11-9-19/h3-7,12-15,19H,8-11H2,1-2H3,(H,27,28,29). The topological polar surface area (TPSA) is 52.0 Å². The molecule has 158 valence electrons. The van der Waals surface area contributed by atoms with Crippen LogP contribution < -0.4 is 5.32 Å². The number of fused-ring (bicyclic) bond motifs is 1. The minimum atomic E-state index is -0.206. The van der Waals surface area contributed by atoms with Gasteiger partial charge in [0.2, 0.25) is 0 Å². The van der Waals surface area contributed by atoms with Gasteiger partial charge in [0, 0.05) is 36.7 Å². The number of aryl methyl sites for hydroxylation is 2. The third-order valence-electron chi connectivity index (χ3n) is 5.89. The zero-order valence-electron chi connectivity index (χ0n) is 17.7. The molecule has 2 aromatic carbocycles. The summed E-state index contributed by atoms with van der Waals surface area (Å²) in [5.74, 6) is 0.600. The SMILES string of the molecule is Cc1cccc(-n2cc(-c3ccc(F)c(C)c3)c3c(NC4CCOCC4)ncnc32)c1. The first-order valence-corrected chi connectivity index (χ1v) is 10.6. The van der Waals surface area contributed by atoms with Crippen molar-refractivity contribution in [2.75, 3.05) is 18.5 Å². The Labute approximate surface area is 180 Å². The fourth-order valence-electron chi connectivity index (χ4n) is 4.21. The number of anilines is 1. The molecule has 1 fully saturated rings. The van der Waals surface area contributed by atoms with Gasteiger partial charge in [-0.1, -0.05) is 18.2 Å². The Bertz CT molecular complexity index is 1240. The lowest BCUT2D eigenvalue weighted by atomic mass is 10.0. The molecule has 0 radical (unpaired) electrons. The first-order chi connectivity index (χ1) is 15.1. The molecular formula is C25H25FN4O. The van der Waals surface area contributed by atoms with Crippen LogP contribution in [0.5, 0.6) is 0 Å². The Balaban J connectivity index is 1.72. The van der Waals surface area contributed by atoms with Crippen molar-refractivity contribution in [1.29, 1.82) is 0 Å². The molecule has 3 heterocycles. The monoisotopic (exact) mass is 416 g/mol. The quantitative estimate of drug-likeness (QED) is 0.482. The second-order valence-corrected chi connectivity index (χ2v) is 8.17. The number of hydrogen-bond acceptors (Lipinski definition) is 4. The van der Waals surface area contributed by atoms with Crippen LogP contribution >= 0.6 is 0 Å². The molecule has 4 aromatic rings. The maximum absolute atomic E-state index is 14.0. The van der Waals surface area contributed by atoms with E-state index in [2.05, 4.69) is 51.2 Å². The summed E-state index contributed by atoms with van der Waals surface area (Å²) in [6.07, 6.45) is 5.57. The van der Waals surface area contributed by atoms with Crippen molar-refractivity contribution in [2.24, 2.45) is 0 Å². The molecule has 6 heteroatoms. The first-order valence-electron chi connectivity index (χ1n) is 10.6. The summed E-state index contributed by atoms with van der Waals surface area (Å²) in [5.41, 5.74) is 5.57. The van der Waals surface area contributed by atoms with Crippen LogP contribution in [0.3, 0.4) is 0 Å². The van der Waals surface area contributed by atoms with Crippen LogP contribution in [0.2, 0.25) is 0 Å². The highest BCUT2D eigenvalue weighted by molar-refractivity contribution is 6.02. The molecule has 5 nitrogen and oxygen atoms in total. The normalized spacial score (nSPS) is 14.8. The van der Waals surface area contributed by atoms with Gasteiger partial charge in [-0.3, -0.25) is 0 Å². The van der Waals surface area contributed by atoms with E-state index in [1.807, 2.05) is 18.2 Å². The van der Waals surface area contributed by atoms with Crippen molar-refractivity contribution < 1.29 is 9.13 Å². The van der Waals surface area contributed by atoms with E-state index in [0.717, 1.165) is 59.7 Å². The highest BCUT2D eigenvalue weighted by Gasteiger charge is 2.21. The van der Waals surface area contributed by atoms with Crippen LogP contribution in [-0.2, 0) is 4.74 Å². The largest absolute Gasteiger partial charge is 0.381 e. The highest BCUT2D eigenvalue weighted by Crippen LogP contribution is 2.36. The van der Waals surface area contributed by atoms with Gasteiger partial charge in [-0.05, 0) is 67.6 Å². The molecule has 0 spiro atoms.